The zero-order valence-electron chi connectivity index (χ0n) is 9.83. The van der Waals surface area contributed by atoms with Gasteiger partial charge in [-0.3, -0.25) is 4.98 Å². The second-order valence-electron chi connectivity index (χ2n) is 3.84. The molecule has 0 aliphatic carbocycles. The van der Waals surface area contributed by atoms with Gasteiger partial charge in [-0.15, -0.1) is 11.3 Å². The summed E-state index contributed by atoms with van der Waals surface area (Å²) in [5.74, 6) is 0.106. The summed E-state index contributed by atoms with van der Waals surface area (Å²) in [6, 6.07) is 3.79. The molecule has 2 heterocycles. The van der Waals surface area contributed by atoms with Crippen molar-refractivity contribution in [2.45, 2.75) is 0 Å². The maximum atomic E-state index is 11.0. The Balaban J connectivity index is 1.99. The molecule has 0 atom stereocenters. The van der Waals surface area contributed by atoms with E-state index in [4.69, 9.17) is 0 Å². The van der Waals surface area contributed by atoms with E-state index in [1.54, 1.807) is 12.4 Å². The number of pyridine rings is 1. The van der Waals surface area contributed by atoms with Crippen LogP contribution in [0.1, 0.15) is 0 Å². The molecule has 2 aromatic heterocycles. The molecule has 0 radical (unpaired) electrons. The Morgan fingerprint density at radius 2 is 2.28 bits per heavy atom. The third-order valence-corrected chi connectivity index (χ3v) is 3.96. The van der Waals surface area contributed by atoms with Crippen LogP contribution in [0.5, 0.6) is 0 Å². The summed E-state index contributed by atoms with van der Waals surface area (Å²) in [6.45, 7) is 0.374. The molecule has 0 aromatic carbocycles. The van der Waals surface area contributed by atoms with Crippen LogP contribution in [-0.2, 0) is 9.84 Å². The van der Waals surface area contributed by atoms with Crippen molar-refractivity contribution in [2.24, 2.45) is 0 Å². The fourth-order valence-electron chi connectivity index (χ4n) is 1.35. The van der Waals surface area contributed by atoms with Crippen LogP contribution in [0.4, 0.5) is 5.13 Å². The van der Waals surface area contributed by atoms with Gasteiger partial charge in [-0.2, -0.15) is 0 Å². The first-order valence-corrected chi connectivity index (χ1v) is 8.26. The van der Waals surface area contributed by atoms with Crippen molar-refractivity contribution in [1.29, 1.82) is 0 Å². The third-order valence-electron chi connectivity index (χ3n) is 2.21. The molecular weight excluding hydrogens is 270 g/mol. The standard InChI is InChI=1S/C11H13N3O2S2/c1-18(15,16)6-5-13-11-14-10(8-17-11)9-3-2-4-12-7-9/h2-4,7-8H,5-6H2,1H3,(H,13,14). The number of nitrogens with zero attached hydrogens (tertiary/aromatic N) is 2. The number of hydrogen-bond donors (Lipinski definition) is 1. The van der Waals surface area contributed by atoms with E-state index in [0.29, 0.717) is 6.54 Å². The molecular formula is C11H13N3O2S2. The molecule has 0 saturated heterocycles. The van der Waals surface area contributed by atoms with Crippen molar-refractivity contribution >= 4 is 26.3 Å². The van der Waals surface area contributed by atoms with E-state index in [1.165, 1.54) is 17.6 Å². The molecule has 0 fully saturated rings. The SMILES string of the molecule is CS(=O)(=O)CCNc1nc(-c2cccnc2)cs1. The number of thiazole rings is 1. The lowest BCUT2D eigenvalue weighted by molar-refractivity contribution is 0.602. The van der Waals surface area contributed by atoms with Gasteiger partial charge in [0.1, 0.15) is 9.84 Å². The second kappa shape index (κ2) is 5.45. The third kappa shape index (κ3) is 3.78. The summed E-state index contributed by atoms with van der Waals surface area (Å²) in [6.07, 6.45) is 4.67. The van der Waals surface area contributed by atoms with Gasteiger partial charge < -0.3 is 5.32 Å². The molecule has 0 aliphatic heterocycles. The van der Waals surface area contributed by atoms with Crippen molar-refractivity contribution in [3.05, 3.63) is 29.9 Å². The Morgan fingerprint density at radius 3 is 2.94 bits per heavy atom. The van der Waals surface area contributed by atoms with Crippen LogP contribution in [0, 0.1) is 0 Å². The summed E-state index contributed by atoms with van der Waals surface area (Å²) in [5.41, 5.74) is 1.79. The normalized spacial score (nSPS) is 11.4. The molecule has 2 aromatic rings. The van der Waals surface area contributed by atoms with E-state index < -0.39 is 9.84 Å². The highest BCUT2D eigenvalue weighted by Gasteiger charge is 2.05. The summed E-state index contributed by atoms with van der Waals surface area (Å²) < 4.78 is 22.0. The molecule has 0 aliphatic rings. The lowest BCUT2D eigenvalue weighted by Gasteiger charge is -2.00. The van der Waals surface area contributed by atoms with E-state index in [9.17, 15) is 8.42 Å². The molecule has 0 amide bonds. The Morgan fingerprint density at radius 1 is 1.44 bits per heavy atom. The molecule has 7 heteroatoms. The van der Waals surface area contributed by atoms with Gasteiger partial charge in [0.05, 0.1) is 11.4 Å². The highest BCUT2D eigenvalue weighted by molar-refractivity contribution is 7.90. The highest BCUT2D eigenvalue weighted by Crippen LogP contribution is 2.23. The van der Waals surface area contributed by atoms with Gasteiger partial charge in [-0.25, -0.2) is 13.4 Å². The molecule has 2 rings (SSSR count). The maximum Gasteiger partial charge on any atom is 0.183 e. The summed E-state index contributed by atoms with van der Waals surface area (Å²) in [4.78, 5) is 8.40. The maximum absolute atomic E-state index is 11.0. The minimum absolute atomic E-state index is 0.106. The van der Waals surface area contributed by atoms with Crippen LogP contribution in [0.25, 0.3) is 11.3 Å². The Hall–Kier alpha value is -1.47. The molecule has 0 unspecified atom stereocenters. The van der Waals surface area contributed by atoms with Crippen LogP contribution in [0.3, 0.4) is 0 Å². The fraction of sp³-hybridized carbons (Fsp3) is 0.273. The van der Waals surface area contributed by atoms with Gasteiger partial charge in [0.15, 0.2) is 5.13 Å². The lowest BCUT2D eigenvalue weighted by atomic mass is 10.2. The molecule has 0 bridgehead atoms. The Kier molecular flexibility index (Phi) is 3.93. The van der Waals surface area contributed by atoms with E-state index >= 15 is 0 Å². The average molecular weight is 283 g/mol. The summed E-state index contributed by atoms with van der Waals surface area (Å²) >= 11 is 1.45. The minimum atomic E-state index is -2.94. The largest absolute Gasteiger partial charge is 0.360 e. The monoisotopic (exact) mass is 283 g/mol. The lowest BCUT2D eigenvalue weighted by Crippen LogP contribution is -2.13. The van der Waals surface area contributed by atoms with E-state index in [1.807, 2.05) is 17.5 Å². The first-order valence-electron chi connectivity index (χ1n) is 5.32. The van der Waals surface area contributed by atoms with Gasteiger partial charge in [0.2, 0.25) is 0 Å². The molecule has 0 saturated carbocycles. The van der Waals surface area contributed by atoms with Crippen molar-refractivity contribution in [3.63, 3.8) is 0 Å². The Labute approximate surface area is 110 Å². The van der Waals surface area contributed by atoms with Crippen molar-refractivity contribution in [3.8, 4) is 11.3 Å². The van der Waals surface area contributed by atoms with E-state index in [-0.39, 0.29) is 5.75 Å². The highest BCUT2D eigenvalue weighted by atomic mass is 32.2. The number of hydrogen-bond acceptors (Lipinski definition) is 6. The zero-order valence-corrected chi connectivity index (χ0v) is 11.5. The first kappa shape index (κ1) is 13.0. The van der Waals surface area contributed by atoms with Gasteiger partial charge in [-0.1, -0.05) is 0 Å². The first-order chi connectivity index (χ1) is 8.54. The number of rotatable bonds is 5. The van der Waals surface area contributed by atoms with Crippen LogP contribution >= 0.6 is 11.3 Å². The molecule has 96 valence electrons. The van der Waals surface area contributed by atoms with Crippen molar-refractivity contribution < 1.29 is 8.42 Å². The van der Waals surface area contributed by atoms with Crippen LogP contribution < -0.4 is 5.32 Å². The van der Waals surface area contributed by atoms with Crippen LogP contribution in [-0.4, -0.2) is 36.9 Å². The predicted octanol–water partition coefficient (Wildman–Crippen LogP) is 1.66. The minimum Gasteiger partial charge on any atom is -0.360 e. The smallest absolute Gasteiger partial charge is 0.183 e. The van der Waals surface area contributed by atoms with Gasteiger partial charge >= 0.3 is 0 Å². The fourth-order valence-corrected chi connectivity index (χ4v) is 2.57. The van der Waals surface area contributed by atoms with Gasteiger partial charge in [0.25, 0.3) is 0 Å². The van der Waals surface area contributed by atoms with Crippen molar-refractivity contribution in [1.82, 2.24) is 9.97 Å². The molecule has 1 N–H and O–H groups in total. The number of sulfone groups is 1. The quantitative estimate of drug-likeness (QED) is 0.903. The Bertz CT molecular complexity index is 608. The number of anilines is 1. The zero-order chi connectivity index (χ0) is 13.0. The second-order valence-corrected chi connectivity index (χ2v) is 6.95. The van der Waals surface area contributed by atoms with E-state index in [2.05, 4.69) is 15.3 Å². The number of nitrogens with one attached hydrogen (secondary N) is 1. The topological polar surface area (TPSA) is 72.0 Å². The van der Waals surface area contributed by atoms with Gasteiger partial charge in [-0.05, 0) is 12.1 Å². The van der Waals surface area contributed by atoms with Crippen molar-refractivity contribution in [2.75, 3.05) is 23.9 Å². The van der Waals surface area contributed by atoms with Gasteiger partial charge in [0, 0.05) is 36.1 Å². The molecule has 5 nitrogen and oxygen atoms in total. The van der Waals surface area contributed by atoms with Crippen LogP contribution in [0.15, 0.2) is 29.9 Å². The number of aromatic nitrogens is 2. The predicted molar refractivity (Wildman–Crippen MR) is 73.5 cm³/mol. The average Bonchev–Trinajstić information content (AvgIpc) is 2.77. The summed E-state index contributed by atoms with van der Waals surface area (Å²) in [5, 5.41) is 5.64. The summed E-state index contributed by atoms with van der Waals surface area (Å²) in [7, 11) is -2.94. The van der Waals surface area contributed by atoms with Crippen LogP contribution in [0.2, 0.25) is 0 Å². The molecule has 0 spiro atoms. The molecule has 18 heavy (non-hydrogen) atoms. The van der Waals surface area contributed by atoms with E-state index in [0.717, 1.165) is 16.4 Å².